The molecule has 7 heteroatoms. The highest BCUT2D eigenvalue weighted by Crippen LogP contribution is 2.15. The Balaban J connectivity index is 1.65. The van der Waals surface area contributed by atoms with E-state index < -0.39 is 0 Å². The summed E-state index contributed by atoms with van der Waals surface area (Å²) in [7, 11) is 3.18. The minimum absolute atomic E-state index is 0.0739. The van der Waals surface area contributed by atoms with Crippen LogP contribution in [0, 0.1) is 0 Å². The van der Waals surface area contributed by atoms with E-state index in [9.17, 15) is 14.4 Å². The predicted molar refractivity (Wildman–Crippen MR) is 101 cm³/mol. The molecule has 1 aromatic carbocycles. The lowest BCUT2D eigenvalue weighted by atomic mass is 10.1. The summed E-state index contributed by atoms with van der Waals surface area (Å²) in [5.74, 6) is 0.744. The van der Waals surface area contributed by atoms with E-state index in [-0.39, 0.29) is 17.0 Å². The molecule has 1 aromatic heterocycles. The van der Waals surface area contributed by atoms with Gasteiger partial charge in [-0.15, -0.1) is 0 Å². The van der Waals surface area contributed by atoms with Crippen molar-refractivity contribution in [1.82, 2.24) is 14.0 Å². The molecule has 2 heterocycles. The molecule has 0 radical (unpaired) electrons. The number of ketones is 1. The molecule has 0 unspecified atom stereocenters. The number of hydrogen-bond acceptors (Lipinski definition) is 5. The number of carbonyl (C=O) groups excluding carboxylic acids is 1. The van der Waals surface area contributed by atoms with Gasteiger partial charge in [0.25, 0.3) is 5.56 Å². The summed E-state index contributed by atoms with van der Waals surface area (Å²) in [5.41, 5.74) is 1.31. The molecular formula is C19H24N4O3. The Kier molecular flexibility index (Phi) is 5.08. The van der Waals surface area contributed by atoms with Crippen LogP contribution >= 0.6 is 0 Å². The second-order valence-electron chi connectivity index (χ2n) is 6.76. The number of rotatable bonds is 4. The van der Waals surface area contributed by atoms with Crippen LogP contribution in [0.25, 0.3) is 0 Å². The molecule has 0 N–H and O–H groups in total. The van der Waals surface area contributed by atoms with Gasteiger partial charge in [0.2, 0.25) is 0 Å². The standard InChI is InChI=1S/C19H24N4O3/c1-14(24)16-6-4-15(5-7-16)13-22-8-10-23(11-9-22)17-12-18(25)21(3)19(26)20(17)2/h4-7,12H,8-11,13H2,1-3H3. The van der Waals surface area contributed by atoms with Crippen LogP contribution in [0.3, 0.4) is 0 Å². The van der Waals surface area contributed by atoms with Gasteiger partial charge in [-0.2, -0.15) is 0 Å². The Labute approximate surface area is 152 Å². The fraction of sp³-hybridized carbons (Fsp3) is 0.421. The number of Topliss-reactive ketones (excluding diaryl/α,β-unsaturated/α-hetero) is 1. The topological polar surface area (TPSA) is 67.6 Å². The molecule has 2 aromatic rings. The maximum atomic E-state index is 12.1. The normalized spacial score (nSPS) is 15.3. The van der Waals surface area contributed by atoms with Crippen LogP contribution in [-0.4, -0.2) is 46.0 Å². The van der Waals surface area contributed by atoms with Gasteiger partial charge in [0.15, 0.2) is 5.78 Å². The van der Waals surface area contributed by atoms with Gasteiger partial charge >= 0.3 is 5.69 Å². The molecule has 26 heavy (non-hydrogen) atoms. The molecule has 0 saturated carbocycles. The summed E-state index contributed by atoms with van der Waals surface area (Å²) in [4.78, 5) is 39.8. The zero-order valence-corrected chi connectivity index (χ0v) is 15.4. The minimum Gasteiger partial charge on any atom is -0.355 e. The number of hydrogen-bond donors (Lipinski definition) is 0. The smallest absolute Gasteiger partial charge is 0.332 e. The molecule has 0 bridgehead atoms. The molecule has 0 atom stereocenters. The fourth-order valence-corrected chi connectivity index (χ4v) is 3.26. The van der Waals surface area contributed by atoms with Crippen LogP contribution in [-0.2, 0) is 20.6 Å². The number of anilines is 1. The van der Waals surface area contributed by atoms with Crippen LogP contribution in [0.4, 0.5) is 5.82 Å². The zero-order valence-electron chi connectivity index (χ0n) is 15.4. The predicted octanol–water partition coefficient (Wildman–Crippen LogP) is 0.609. The molecule has 1 saturated heterocycles. The van der Waals surface area contributed by atoms with Crippen molar-refractivity contribution >= 4 is 11.6 Å². The van der Waals surface area contributed by atoms with Gasteiger partial charge in [-0.3, -0.25) is 23.6 Å². The van der Waals surface area contributed by atoms with Gasteiger partial charge in [0.05, 0.1) is 0 Å². The first-order valence-electron chi connectivity index (χ1n) is 8.71. The highest BCUT2D eigenvalue weighted by molar-refractivity contribution is 5.93. The molecule has 0 amide bonds. The number of aromatic nitrogens is 2. The number of carbonyl (C=O) groups is 1. The highest BCUT2D eigenvalue weighted by atomic mass is 16.2. The molecular weight excluding hydrogens is 332 g/mol. The van der Waals surface area contributed by atoms with Crippen molar-refractivity contribution < 1.29 is 4.79 Å². The number of piperazine rings is 1. The second kappa shape index (κ2) is 7.29. The van der Waals surface area contributed by atoms with Gasteiger partial charge in [-0.05, 0) is 12.5 Å². The Morgan fingerprint density at radius 3 is 2.15 bits per heavy atom. The van der Waals surface area contributed by atoms with Crippen molar-refractivity contribution in [2.24, 2.45) is 14.1 Å². The first-order valence-corrected chi connectivity index (χ1v) is 8.71. The largest absolute Gasteiger partial charge is 0.355 e. The van der Waals surface area contributed by atoms with Crippen molar-refractivity contribution in [3.05, 3.63) is 62.3 Å². The van der Waals surface area contributed by atoms with E-state index in [4.69, 9.17) is 0 Å². The van der Waals surface area contributed by atoms with Crippen molar-refractivity contribution in [3.63, 3.8) is 0 Å². The van der Waals surface area contributed by atoms with E-state index in [0.29, 0.717) is 5.82 Å². The van der Waals surface area contributed by atoms with E-state index >= 15 is 0 Å². The highest BCUT2D eigenvalue weighted by Gasteiger charge is 2.20. The van der Waals surface area contributed by atoms with Gasteiger partial charge in [0.1, 0.15) is 5.82 Å². The summed E-state index contributed by atoms with van der Waals surface area (Å²) in [5, 5.41) is 0. The lowest BCUT2D eigenvalue weighted by Gasteiger charge is -2.36. The van der Waals surface area contributed by atoms with Crippen molar-refractivity contribution in [2.75, 3.05) is 31.1 Å². The summed E-state index contributed by atoms with van der Waals surface area (Å²) in [6.07, 6.45) is 0. The zero-order chi connectivity index (χ0) is 18.8. The van der Waals surface area contributed by atoms with Crippen molar-refractivity contribution in [3.8, 4) is 0 Å². The van der Waals surface area contributed by atoms with E-state index in [0.717, 1.165) is 42.9 Å². The monoisotopic (exact) mass is 356 g/mol. The first kappa shape index (κ1) is 18.1. The molecule has 138 valence electrons. The third-order valence-electron chi connectivity index (χ3n) is 4.96. The number of benzene rings is 1. The fourth-order valence-electron chi connectivity index (χ4n) is 3.26. The van der Waals surface area contributed by atoms with Crippen LogP contribution in [0.15, 0.2) is 39.9 Å². The van der Waals surface area contributed by atoms with E-state index in [1.165, 1.54) is 23.2 Å². The van der Waals surface area contributed by atoms with Crippen LogP contribution < -0.4 is 16.1 Å². The molecule has 1 fully saturated rings. The van der Waals surface area contributed by atoms with Gasteiger partial charge < -0.3 is 4.90 Å². The minimum atomic E-state index is -0.305. The average Bonchev–Trinajstić information content (AvgIpc) is 2.64. The molecule has 0 spiro atoms. The third-order valence-corrected chi connectivity index (χ3v) is 4.96. The lowest BCUT2D eigenvalue weighted by molar-refractivity contribution is 0.101. The van der Waals surface area contributed by atoms with Gasteiger partial charge in [0, 0.05) is 58.4 Å². The van der Waals surface area contributed by atoms with E-state index in [2.05, 4.69) is 9.80 Å². The van der Waals surface area contributed by atoms with Crippen molar-refractivity contribution in [1.29, 1.82) is 0 Å². The maximum absolute atomic E-state index is 12.1. The first-order chi connectivity index (χ1) is 12.4. The SMILES string of the molecule is CC(=O)c1ccc(CN2CCN(c3cc(=O)n(C)c(=O)n3C)CC2)cc1. The molecule has 1 aliphatic rings. The lowest BCUT2D eigenvalue weighted by Crippen LogP contribution is -2.49. The summed E-state index contributed by atoms with van der Waals surface area (Å²) in [6, 6.07) is 9.24. The molecule has 7 nitrogen and oxygen atoms in total. The summed E-state index contributed by atoms with van der Waals surface area (Å²) < 4.78 is 2.64. The average molecular weight is 356 g/mol. The summed E-state index contributed by atoms with van der Waals surface area (Å²) in [6.45, 7) is 5.59. The summed E-state index contributed by atoms with van der Waals surface area (Å²) >= 11 is 0. The van der Waals surface area contributed by atoms with Gasteiger partial charge in [-0.1, -0.05) is 24.3 Å². The van der Waals surface area contributed by atoms with Crippen LogP contribution in [0.5, 0.6) is 0 Å². The molecule has 3 rings (SSSR count). The Morgan fingerprint density at radius 1 is 0.962 bits per heavy atom. The molecule has 0 aliphatic carbocycles. The van der Waals surface area contributed by atoms with Gasteiger partial charge in [-0.25, -0.2) is 4.79 Å². The second-order valence-corrected chi connectivity index (χ2v) is 6.76. The van der Waals surface area contributed by atoms with Crippen molar-refractivity contribution in [2.45, 2.75) is 13.5 Å². The quantitative estimate of drug-likeness (QED) is 0.751. The van der Waals surface area contributed by atoms with E-state index in [1.54, 1.807) is 14.0 Å². The van der Waals surface area contributed by atoms with Crippen LogP contribution in [0.2, 0.25) is 0 Å². The Bertz CT molecular complexity index is 919. The third kappa shape index (κ3) is 3.62. The maximum Gasteiger partial charge on any atom is 0.332 e. The number of nitrogens with zero attached hydrogens (tertiary/aromatic N) is 4. The molecule has 1 aliphatic heterocycles. The Morgan fingerprint density at radius 2 is 1.58 bits per heavy atom. The van der Waals surface area contributed by atoms with Crippen LogP contribution in [0.1, 0.15) is 22.8 Å². The Hall–Kier alpha value is -2.67. The van der Waals surface area contributed by atoms with E-state index in [1.807, 2.05) is 24.3 Å².